The van der Waals surface area contributed by atoms with Crippen LogP contribution in [0.2, 0.25) is 0 Å². The minimum atomic E-state index is -1.59. The van der Waals surface area contributed by atoms with Crippen molar-refractivity contribution in [2.45, 2.75) is 25.9 Å². The maximum absolute atomic E-state index is 5.48. The van der Waals surface area contributed by atoms with Crippen LogP contribution in [-0.2, 0) is 0 Å². The van der Waals surface area contributed by atoms with Crippen LogP contribution in [0.25, 0.3) is 0 Å². The van der Waals surface area contributed by atoms with Gasteiger partial charge in [-0.15, -0.1) is 0 Å². The smallest absolute Gasteiger partial charge is 0.130 e. The second-order valence-corrected chi connectivity index (χ2v) is 9.55. The summed E-state index contributed by atoms with van der Waals surface area (Å²) < 4.78 is 11.0. The van der Waals surface area contributed by atoms with E-state index in [9.17, 15) is 0 Å². The molecule has 1 aromatic rings. The highest BCUT2D eigenvalue weighted by Gasteiger charge is 2.31. The number of benzene rings is 1. The fourth-order valence-electron chi connectivity index (χ4n) is 1.65. The van der Waals surface area contributed by atoms with E-state index in [2.05, 4.69) is 33.7 Å². The quantitative estimate of drug-likeness (QED) is 0.771. The average molecular weight is 254 g/mol. The molecular weight excluding hydrogens is 231 g/mol. The van der Waals surface area contributed by atoms with Crippen LogP contribution < -0.4 is 14.8 Å². The lowest BCUT2D eigenvalue weighted by Crippen LogP contribution is -2.25. The van der Waals surface area contributed by atoms with Gasteiger partial charge in [-0.25, -0.2) is 0 Å². The van der Waals surface area contributed by atoms with E-state index in [4.69, 9.17) is 9.47 Å². The molecule has 1 unspecified atom stereocenters. The first-order valence-corrected chi connectivity index (χ1v) is 8.10. The molecule has 96 valence electrons. The number of hydrogen-bond acceptors (Lipinski definition) is 2. The molecule has 0 radical (unpaired) electrons. The zero-order chi connectivity index (χ0) is 13.3. The third-order valence-corrected chi connectivity index (χ3v) is 7.76. The topological polar surface area (TPSA) is 18.5 Å². The normalized spacial score (nSPS) is 15.2. The first-order valence-electron chi connectivity index (χ1n) is 5.68. The van der Waals surface area contributed by atoms with Gasteiger partial charge in [0.15, 0.2) is 0 Å². The van der Waals surface area contributed by atoms with Gasteiger partial charge in [-0.3, -0.25) is 0 Å². The molecular formula is C14H23O2P. The fraction of sp³-hybridized carbons (Fsp3) is 0.500. The fourth-order valence-corrected chi connectivity index (χ4v) is 3.63. The summed E-state index contributed by atoms with van der Waals surface area (Å²) in [7, 11) is 3.39. The van der Waals surface area contributed by atoms with Crippen LogP contribution in [-0.4, -0.2) is 32.3 Å². The zero-order valence-electron chi connectivity index (χ0n) is 11.7. The molecule has 17 heavy (non-hydrogen) atoms. The molecule has 0 aliphatic rings. The van der Waals surface area contributed by atoms with Crippen LogP contribution in [0.5, 0.6) is 11.5 Å². The van der Waals surface area contributed by atoms with Crippen molar-refractivity contribution in [1.29, 1.82) is 0 Å². The van der Waals surface area contributed by atoms with Crippen molar-refractivity contribution in [2.75, 3.05) is 20.9 Å². The minimum absolute atomic E-state index is 0.120. The molecule has 1 atom stereocenters. The van der Waals surface area contributed by atoms with Crippen LogP contribution in [0.4, 0.5) is 0 Å². The average Bonchev–Trinajstić information content (AvgIpc) is 2.26. The second kappa shape index (κ2) is 4.78. The third-order valence-electron chi connectivity index (χ3n) is 3.38. The van der Waals surface area contributed by atoms with Crippen molar-refractivity contribution in [3.63, 3.8) is 0 Å². The molecule has 0 amide bonds. The number of methoxy groups -OCH3 is 2. The maximum atomic E-state index is 5.48. The molecule has 0 aliphatic carbocycles. The van der Waals surface area contributed by atoms with Gasteiger partial charge in [0.05, 0.1) is 19.5 Å². The summed E-state index contributed by atoms with van der Waals surface area (Å²) in [5, 5.41) is 1.26. The van der Waals surface area contributed by atoms with Gasteiger partial charge in [0.1, 0.15) is 11.5 Å². The van der Waals surface area contributed by atoms with E-state index in [0.29, 0.717) is 0 Å². The lowest BCUT2D eigenvalue weighted by atomic mass is 10.2. The molecule has 1 rings (SSSR count). The Morgan fingerprint density at radius 3 is 1.76 bits per heavy atom. The summed E-state index contributed by atoms with van der Waals surface area (Å²) in [5.41, 5.74) is 0. The molecule has 2 nitrogen and oxygen atoms in total. The Morgan fingerprint density at radius 1 is 1.06 bits per heavy atom. The van der Waals surface area contributed by atoms with Gasteiger partial charge in [-0.2, -0.15) is 0 Å². The molecule has 0 N–H and O–H groups in total. The zero-order valence-corrected chi connectivity index (χ0v) is 12.6. The monoisotopic (exact) mass is 254 g/mol. The highest BCUT2D eigenvalue weighted by molar-refractivity contribution is 7.81. The third kappa shape index (κ3) is 2.52. The van der Waals surface area contributed by atoms with E-state index in [1.165, 1.54) is 0 Å². The van der Waals surface area contributed by atoms with E-state index >= 15 is 0 Å². The first kappa shape index (κ1) is 14.2. The molecule has 0 spiro atoms. The molecule has 3 heteroatoms. The molecule has 0 saturated carbocycles. The van der Waals surface area contributed by atoms with Crippen molar-refractivity contribution >= 4 is 18.5 Å². The largest absolute Gasteiger partial charge is 0.496 e. The Morgan fingerprint density at radius 2 is 1.47 bits per heavy atom. The highest BCUT2D eigenvalue weighted by Crippen LogP contribution is 2.56. The van der Waals surface area contributed by atoms with Crippen molar-refractivity contribution in [3.8, 4) is 11.5 Å². The standard InChI is InChI=1S/C14H23O2P/c1-14(2,3)17(6,7)13-11(15-4)9-8-10-12(13)16-5/h8-10H,6H2,1-5,7H3. The Kier molecular flexibility index (Phi) is 3.99. The van der Waals surface area contributed by atoms with Crippen LogP contribution in [0.3, 0.4) is 0 Å². The molecule has 0 heterocycles. The highest BCUT2D eigenvalue weighted by atomic mass is 31.2. The Balaban J connectivity index is 3.54. The second-order valence-electron chi connectivity index (χ2n) is 5.37. The maximum Gasteiger partial charge on any atom is 0.130 e. The van der Waals surface area contributed by atoms with Crippen LogP contribution in [0.1, 0.15) is 20.8 Å². The molecule has 0 saturated heterocycles. The Labute approximate surface area is 105 Å². The molecule has 0 bridgehead atoms. The van der Waals surface area contributed by atoms with Crippen LogP contribution in [0.15, 0.2) is 18.2 Å². The van der Waals surface area contributed by atoms with Crippen molar-refractivity contribution in [2.24, 2.45) is 0 Å². The summed E-state index contributed by atoms with van der Waals surface area (Å²) in [5.74, 6) is 1.76. The number of ether oxygens (including phenoxy) is 2. The SMILES string of the molecule is C=P(C)(c1c(OC)cccc1OC)C(C)(C)C. The van der Waals surface area contributed by atoms with E-state index < -0.39 is 6.89 Å². The van der Waals surface area contributed by atoms with Crippen LogP contribution in [0, 0.1) is 0 Å². The van der Waals surface area contributed by atoms with Gasteiger partial charge >= 0.3 is 0 Å². The molecule has 0 aliphatic heterocycles. The van der Waals surface area contributed by atoms with E-state index in [-0.39, 0.29) is 5.16 Å². The summed E-state index contributed by atoms with van der Waals surface area (Å²) in [6, 6.07) is 5.91. The van der Waals surface area contributed by atoms with E-state index in [0.717, 1.165) is 16.8 Å². The van der Waals surface area contributed by atoms with Gasteiger partial charge in [0.25, 0.3) is 0 Å². The first-order chi connectivity index (χ1) is 7.75. The molecule has 1 aromatic carbocycles. The van der Waals surface area contributed by atoms with E-state index in [1.807, 2.05) is 18.2 Å². The number of hydrogen-bond donors (Lipinski definition) is 0. The van der Waals surface area contributed by atoms with E-state index in [1.54, 1.807) is 14.2 Å². The van der Waals surface area contributed by atoms with Gasteiger partial charge in [0.2, 0.25) is 0 Å². The molecule has 0 fully saturated rings. The lowest BCUT2D eigenvalue weighted by Gasteiger charge is -2.36. The van der Waals surface area contributed by atoms with Crippen molar-refractivity contribution < 1.29 is 9.47 Å². The lowest BCUT2D eigenvalue weighted by molar-refractivity contribution is 0.400. The summed E-state index contributed by atoms with van der Waals surface area (Å²) in [6.45, 7) is 7.31. The summed E-state index contributed by atoms with van der Waals surface area (Å²) >= 11 is 0. The van der Waals surface area contributed by atoms with Crippen molar-refractivity contribution in [1.82, 2.24) is 0 Å². The molecule has 0 aromatic heterocycles. The van der Waals surface area contributed by atoms with Gasteiger partial charge in [0, 0.05) is 0 Å². The Hall–Kier alpha value is -0.880. The summed E-state index contributed by atoms with van der Waals surface area (Å²) in [4.78, 5) is 0. The minimum Gasteiger partial charge on any atom is -0.496 e. The predicted molar refractivity (Wildman–Crippen MR) is 78.9 cm³/mol. The number of rotatable bonds is 3. The predicted octanol–water partition coefficient (Wildman–Crippen LogP) is 3.21. The van der Waals surface area contributed by atoms with Crippen molar-refractivity contribution in [3.05, 3.63) is 18.2 Å². The van der Waals surface area contributed by atoms with Crippen LogP contribution >= 0.6 is 6.89 Å². The van der Waals surface area contributed by atoms with Gasteiger partial charge in [-0.1, -0.05) is 40.0 Å². The van der Waals surface area contributed by atoms with Gasteiger partial charge in [-0.05, 0) is 24.0 Å². The Bertz CT molecular complexity index is 422. The summed E-state index contributed by atoms with van der Waals surface area (Å²) in [6.07, 6.45) is 4.48. The van der Waals surface area contributed by atoms with Gasteiger partial charge < -0.3 is 9.47 Å².